The zero-order valence-corrected chi connectivity index (χ0v) is 9.91. The molecular weight excluding hydrogens is 231 g/mol. The van der Waals surface area contributed by atoms with Crippen LogP contribution in [0.1, 0.15) is 0 Å². The molecule has 0 aliphatic heterocycles. The van der Waals surface area contributed by atoms with E-state index in [0.717, 1.165) is 0 Å². The van der Waals surface area contributed by atoms with Crippen LogP contribution in [0.5, 0.6) is 17.2 Å². The van der Waals surface area contributed by atoms with Crippen molar-refractivity contribution in [1.29, 1.82) is 0 Å². The van der Waals surface area contributed by atoms with E-state index >= 15 is 0 Å². The number of rotatable bonds is 4. The Balaban J connectivity index is 2.25. The summed E-state index contributed by atoms with van der Waals surface area (Å²) < 4.78 is 10.7. The first kappa shape index (κ1) is 12.5. The summed E-state index contributed by atoms with van der Waals surface area (Å²) in [6.07, 6.45) is 0. The number of hydrogen-bond acceptors (Lipinski definition) is 4. The van der Waals surface area contributed by atoms with Gasteiger partial charge < -0.3 is 19.5 Å². The summed E-state index contributed by atoms with van der Waals surface area (Å²) in [5.74, 6) is 1.65. The summed E-state index contributed by atoms with van der Waals surface area (Å²) in [6.45, 7) is 0. The molecule has 0 aliphatic rings. The zero-order chi connectivity index (χ0) is 13.0. The highest BCUT2D eigenvalue weighted by Gasteiger charge is 2.17. The molecule has 2 N–H and O–H groups in total. The van der Waals surface area contributed by atoms with Crippen molar-refractivity contribution >= 4 is 12.6 Å². The van der Waals surface area contributed by atoms with Gasteiger partial charge in [-0.2, -0.15) is 0 Å². The minimum Gasteiger partial charge on any atom is -0.497 e. The van der Waals surface area contributed by atoms with Crippen LogP contribution in [0.15, 0.2) is 48.5 Å². The van der Waals surface area contributed by atoms with Crippen LogP contribution in [0.25, 0.3) is 0 Å². The Hall–Kier alpha value is -1.98. The van der Waals surface area contributed by atoms with Crippen LogP contribution >= 0.6 is 0 Å². The molecule has 2 rings (SSSR count). The Bertz CT molecular complexity index is 514. The Kier molecular flexibility index (Phi) is 3.87. The number of methoxy groups -OCH3 is 1. The van der Waals surface area contributed by atoms with E-state index in [4.69, 9.17) is 19.5 Å². The summed E-state index contributed by atoms with van der Waals surface area (Å²) in [5.41, 5.74) is 0.304. The number of ether oxygens (including phenoxy) is 2. The molecule has 5 heteroatoms. The summed E-state index contributed by atoms with van der Waals surface area (Å²) >= 11 is 0. The quantitative estimate of drug-likeness (QED) is 0.792. The van der Waals surface area contributed by atoms with Crippen LogP contribution in [0, 0.1) is 0 Å². The molecule has 0 unspecified atom stereocenters. The van der Waals surface area contributed by atoms with Crippen molar-refractivity contribution in [2.45, 2.75) is 0 Å². The molecule has 0 amide bonds. The van der Waals surface area contributed by atoms with Crippen molar-refractivity contribution in [2.24, 2.45) is 0 Å². The van der Waals surface area contributed by atoms with Crippen molar-refractivity contribution in [3.05, 3.63) is 48.5 Å². The second kappa shape index (κ2) is 5.57. The SMILES string of the molecule is COc1cc(Oc2ccccc2)ccc1B(O)O. The average Bonchev–Trinajstić information content (AvgIpc) is 2.39. The minimum atomic E-state index is -1.56. The van der Waals surface area contributed by atoms with Gasteiger partial charge in [-0.1, -0.05) is 24.3 Å². The average molecular weight is 244 g/mol. The van der Waals surface area contributed by atoms with E-state index in [1.54, 1.807) is 18.2 Å². The Morgan fingerprint density at radius 2 is 1.67 bits per heavy atom. The number of para-hydroxylation sites is 1. The van der Waals surface area contributed by atoms with Gasteiger partial charge in [-0.05, 0) is 18.2 Å². The highest BCUT2D eigenvalue weighted by Crippen LogP contribution is 2.23. The van der Waals surface area contributed by atoms with Crippen molar-refractivity contribution in [3.8, 4) is 17.2 Å². The molecule has 0 heterocycles. The number of hydrogen-bond donors (Lipinski definition) is 2. The fourth-order valence-corrected chi connectivity index (χ4v) is 1.59. The predicted octanol–water partition coefficient (Wildman–Crippen LogP) is 1.17. The van der Waals surface area contributed by atoms with Crippen molar-refractivity contribution in [3.63, 3.8) is 0 Å². The Labute approximate surface area is 106 Å². The van der Waals surface area contributed by atoms with E-state index in [1.165, 1.54) is 7.11 Å². The Morgan fingerprint density at radius 3 is 2.28 bits per heavy atom. The summed E-state index contributed by atoms with van der Waals surface area (Å²) in [4.78, 5) is 0. The van der Waals surface area contributed by atoms with E-state index in [1.807, 2.05) is 30.3 Å². The van der Waals surface area contributed by atoms with Gasteiger partial charge in [0.2, 0.25) is 0 Å². The van der Waals surface area contributed by atoms with E-state index in [-0.39, 0.29) is 0 Å². The first-order valence-electron chi connectivity index (χ1n) is 5.47. The lowest BCUT2D eigenvalue weighted by atomic mass is 9.79. The molecule has 0 bridgehead atoms. The standard InChI is InChI=1S/C13H13BO4/c1-17-13-9-11(7-8-12(13)14(15)16)18-10-5-3-2-4-6-10/h2-9,15-16H,1H3. The second-order valence-corrected chi connectivity index (χ2v) is 3.69. The molecule has 0 saturated heterocycles. The molecule has 0 aromatic heterocycles. The Morgan fingerprint density at radius 1 is 0.944 bits per heavy atom. The molecular formula is C13H13BO4. The third-order valence-corrected chi connectivity index (χ3v) is 2.46. The highest BCUT2D eigenvalue weighted by atomic mass is 16.5. The van der Waals surface area contributed by atoms with E-state index in [0.29, 0.717) is 22.7 Å². The first-order chi connectivity index (χ1) is 8.70. The fourth-order valence-electron chi connectivity index (χ4n) is 1.59. The summed E-state index contributed by atoms with van der Waals surface area (Å²) in [6, 6.07) is 14.1. The van der Waals surface area contributed by atoms with E-state index in [9.17, 15) is 0 Å². The largest absolute Gasteiger partial charge is 0.497 e. The molecule has 0 atom stereocenters. The predicted molar refractivity (Wildman–Crippen MR) is 69.3 cm³/mol. The van der Waals surface area contributed by atoms with Crippen LogP contribution in [0.3, 0.4) is 0 Å². The monoisotopic (exact) mass is 244 g/mol. The molecule has 18 heavy (non-hydrogen) atoms. The summed E-state index contributed by atoms with van der Waals surface area (Å²) in [5, 5.41) is 18.3. The van der Waals surface area contributed by atoms with Gasteiger partial charge in [0, 0.05) is 11.5 Å². The molecule has 0 fully saturated rings. The van der Waals surface area contributed by atoms with Crippen molar-refractivity contribution in [1.82, 2.24) is 0 Å². The molecule has 0 saturated carbocycles. The minimum absolute atomic E-state index is 0.304. The molecule has 0 spiro atoms. The lowest BCUT2D eigenvalue weighted by molar-refractivity contribution is 0.399. The van der Waals surface area contributed by atoms with Gasteiger partial charge in [0.1, 0.15) is 17.2 Å². The van der Waals surface area contributed by atoms with Gasteiger partial charge in [-0.3, -0.25) is 0 Å². The smallest absolute Gasteiger partial charge is 0.492 e. The molecule has 0 radical (unpaired) electrons. The molecule has 0 aliphatic carbocycles. The number of benzene rings is 2. The maximum Gasteiger partial charge on any atom is 0.492 e. The molecule has 2 aromatic carbocycles. The van der Waals surface area contributed by atoms with Crippen LogP contribution in [-0.4, -0.2) is 24.3 Å². The molecule has 4 nitrogen and oxygen atoms in total. The first-order valence-corrected chi connectivity index (χ1v) is 5.47. The normalized spacial score (nSPS) is 9.94. The lowest BCUT2D eigenvalue weighted by Gasteiger charge is -2.11. The highest BCUT2D eigenvalue weighted by molar-refractivity contribution is 6.59. The fraction of sp³-hybridized carbons (Fsp3) is 0.0769. The topological polar surface area (TPSA) is 58.9 Å². The van der Waals surface area contributed by atoms with Gasteiger partial charge in [0.05, 0.1) is 7.11 Å². The maximum atomic E-state index is 9.15. The van der Waals surface area contributed by atoms with Gasteiger partial charge in [0.25, 0.3) is 0 Å². The molecule has 92 valence electrons. The van der Waals surface area contributed by atoms with E-state index in [2.05, 4.69) is 0 Å². The van der Waals surface area contributed by atoms with Crippen LogP contribution in [-0.2, 0) is 0 Å². The van der Waals surface area contributed by atoms with Crippen molar-refractivity contribution in [2.75, 3.05) is 7.11 Å². The van der Waals surface area contributed by atoms with Gasteiger partial charge >= 0.3 is 7.12 Å². The third-order valence-electron chi connectivity index (χ3n) is 2.46. The van der Waals surface area contributed by atoms with Crippen LogP contribution in [0.2, 0.25) is 0 Å². The lowest BCUT2D eigenvalue weighted by Crippen LogP contribution is -2.31. The van der Waals surface area contributed by atoms with Gasteiger partial charge in [-0.25, -0.2) is 0 Å². The van der Waals surface area contributed by atoms with Crippen molar-refractivity contribution < 1.29 is 19.5 Å². The second-order valence-electron chi connectivity index (χ2n) is 3.69. The van der Waals surface area contributed by atoms with E-state index < -0.39 is 7.12 Å². The molecule has 2 aromatic rings. The maximum absolute atomic E-state index is 9.15. The van der Waals surface area contributed by atoms with Gasteiger partial charge in [-0.15, -0.1) is 0 Å². The van der Waals surface area contributed by atoms with Crippen LogP contribution < -0.4 is 14.9 Å². The third kappa shape index (κ3) is 2.82. The van der Waals surface area contributed by atoms with Crippen LogP contribution in [0.4, 0.5) is 0 Å². The van der Waals surface area contributed by atoms with Gasteiger partial charge in [0.15, 0.2) is 0 Å². The summed E-state index contributed by atoms with van der Waals surface area (Å²) in [7, 11) is -0.0984. The zero-order valence-electron chi connectivity index (χ0n) is 9.91.